The van der Waals surface area contributed by atoms with Gasteiger partial charge in [0.15, 0.2) is 0 Å². The van der Waals surface area contributed by atoms with Crippen LogP contribution in [-0.2, 0) is 6.54 Å². The number of rotatable bonds is 2. The van der Waals surface area contributed by atoms with Crippen LogP contribution in [0.2, 0.25) is 0 Å². The van der Waals surface area contributed by atoms with Crippen LogP contribution in [0.3, 0.4) is 0 Å². The first-order chi connectivity index (χ1) is 15.6. The zero-order chi connectivity index (χ0) is 21.8. The Kier molecular flexibility index (Phi) is 4.32. The smallest absolute Gasteiger partial charge is 0.265 e. The molecule has 0 amide bonds. The molecular weight excluding hydrogens is 396 g/mol. The molecule has 0 radical (unpaired) electrons. The van der Waals surface area contributed by atoms with Crippen LogP contribution in [0.4, 0.5) is 11.5 Å². The summed E-state index contributed by atoms with van der Waals surface area (Å²) in [5, 5.41) is 3.72. The summed E-state index contributed by atoms with van der Waals surface area (Å²) in [7, 11) is 0. The molecule has 0 aliphatic carbocycles. The van der Waals surface area contributed by atoms with Crippen LogP contribution >= 0.6 is 0 Å². The predicted octanol–water partition coefficient (Wildman–Crippen LogP) is 4.91. The molecule has 4 aromatic rings. The molecule has 2 aromatic heterocycles. The average molecular weight is 423 g/mol. The first-order valence-corrected chi connectivity index (χ1v) is 11.3. The molecular formula is C27H26N4O. The maximum Gasteiger partial charge on any atom is 0.265 e. The lowest BCUT2D eigenvalue weighted by molar-refractivity contribution is 0.353. The number of hydrogen-bond donors (Lipinski definition) is 1. The van der Waals surface area contributed by atoms with Crippen molar-refractivity contribution in [3.8, 4) is 0 Å². The van der Waals surface area contributed by atoms with E-state index >= 15 is 0 Å². The molecule has 0 bridgehead atoms. The van der Waals surface area contributed by atoms with Crippen molar-refractivity contribution in [2.45, 2.75) is 32.4 Å². The van der Waals surface area contributed by atoms with Gasteiger partial charge in [0, 0.05) is 30.9 Å². The van der Waals surface area contributed by atoms with Gasteiger partial charge in [-0.15, -0.1) is 0 Å². The minimum Gasteiger partial charge on any atom is -0.377 e. The third kappa shape index (κ3) is 2.92. The number of anilines is 2. The molecule has 0 unspecified atom stereocenters. The van der Waals surface area contributed by atoms with Crippen LogP contribution in [-0.4, -0.2) is 15.9 Å². The molecule has 5 nitrogen and oxygen atoms in total. The Hall–Kier alpha value is -3.60. The second-order valence-corrected chi connectivity index (χ2v) is 9.11. The van der Waals surface area contributed by atoms with E-state index in [0.717, 1.165) is 30.2 Å². The summed E-state index contributed by atoms with van der Waals surface area (Å²) >= 11 is 0. The molecule has 0 saturated heterocycles. The fraction of sp³-hybridized carbons (Fsp3) is 0.259. The van der Waals surface area contributed by atoms with Crippen LogP contribution in [0.15, 0.2) is 77.7 Å². The molecule has 4 heterocycles. The van der Waals surface area contributed by atoms with E-state index in [1.165, 1.54) is 16.7 Å². The average Bonchev–Trinajstić information content (AvgIpc) is 2.81. The highest BCUT2D eigenvalue weighted by atomic mass is 16.1. The molecule has 0 saturated carbocycles. The summed E-state index contributed by atoms with van der Waals surface area (Å²) in [5.41, 5.74) is 6.44. The molecule has 3 atom stereocenters. The first-order valence-electron chi connectivity index (χ1n) is 11.3. The van der Waals surface area contributed by atoms with Gasteiger partial charge in [-0.25, -0.2) is 4.98 Å². The maximum atomic E-state index is 13.8. The molecule has 160 valence electrons. The largest absolute Gasteiger partial charge is 0.377 e. The Balaban J connectivity index is 1.55. The Morgan fingerprint density at radius 2 is 1.88 bits per heavy atom. The second-order valence-electron chi connectivity index (χ2n) is 9.11. The van der Waals surface area contributed by atoms with E-state index in [0.29, 0.717) is 11.6 Å². The van der Waals surface area contributed by atoms with E-state index < -0.39 is 0 Å². The lowest BCUT2D eigenvalue weighted by atomic mass is 9.74. The topological polar surface area (TPSA) is 49.6 Å². The van der Waals surface area contributed by atoms with Gasteiger partial charge in [0.1, 0.15) is 11.5 Å². The highest BCUT2D eigenvalue weighted by molar-refractivity contribution is 5.64. The zero-order valence-electron chi connectivity index (χ0n) is 18.3. The number of pyridine rings is 1. The highest BCUT2D eigenvalue weighted by Crippen LogP contribution is 2.48. The van der Waals surface area contributed by atoms with Crippen molar-refractivity contribution >= 4 is 17.2 Å². The van der Waals surface area contributed by atoms with Gasteiger partial charge in [0.2, 0.25) is 0 Å². The normalized spacial score (nSPS) is 21.4. The van der Waals surface area contributed by atoms with Gasteiger partial charge in [-0.3, -0.25) is 9.20 Å². The Labute approximate surface area is 187 Å². The van der Waals surface area contributed by atoms with E-state index in [1.807, 2.05) is 30.5 Å². The zero-order valence-corrected chi connectivity index (χ0v) is 18.3. The van der Waals surface area contributed by atoms with Crippen LogP contribution in [0.1, 0.15) is 41.1 Å². The van der Waals surface area contributed by atoms with Crippen molar-refractivity contribution in [3.05, 3.63) is 106 Å². The number of aromatic nitrogens is 2. The lowest BCUT2D eigenvalue weighted by Gasteiger charge is -2.46. The van der Waals surface area contributed by atoms with Gasteiger partial charge in [0.25, 0.3) is 5.56 Å². The van der Waals surface area contributed by atoms with E-state index in [2.05, 4.69) is 66.5 Å². The van der Waals surface area contributed by atoms with Crippen molar-refractivity contribution in [1.29, 1.82) is 0 Å². The minimum atomic E-state index is -0.0562. The van der Waals surface area contributed by atoms with Crippen molar-refractivity contribution in [1.82, 2.24) is 9.38 Å². The predicted molar refractivity (Wildman–Crippen MR) is 128 cm³/mol. The summed E-state index contributed by atoms with van der Waals surface area (Å²) in [6.45, 7) is 6.03. The van der Waals surface area contributed by atoms with Crippen LogP contribution in [0.5, 0.6) is 0 Å². The third-order valence-electron chi connectivity index (χ3n) is 7.09. The molecule has 2 aliphatic rings. The SMILES string of the molecule is Cc1ccc2c(c1)[C@@H](C)[C@@H]1CN(Cc3ccccc3)c3nc4ccccn4c(=O)c3[C@H]1N2. The summed E-state index contributed by atoms with van der Waals surface area (Å²) in [6, 6.07) is 22.7. The highest BCUT2D eigenvalue weighted by Gasteiger charge is 2.43. The van der Waals surface area contributed by atoms with E-state index in [-0.39, 0.29) is 17.5 Å². The lowest BCUT2D eigenvalue weighted by Crippen LogP contribution is -2.47. The molecule has 1 N–H and O–H groups in total. The monoisotopic (exact) mass is 422 g/mol. The van der Waals surface area contributed by atoms with Crippen molar-refractivity contribution < 1.29 is 0 Å². The van der Waals surface area contributed by atoms with Gasteiger partial charge in [-0.1, -0.05) is 61.0 Å². The van der Waals surface area contributed by atoms with Crippen molar-refractivity contribution in [3.63, 3.8) is 0 Å². The van der Waals surface area contributed by atoms with Gasteiger partial charge in [-0.05, 0) is 42.2 Å². The molecule has 2 aromatic carbocycles. The Bertz CT molecular complexity index is 1380. The summed E-state index contributed by atoms with van der Waals surface area (Å²) < 4.78 is 1.68. The number of benzene rings is 2. The van der Waals surface area contributed by atoms with E-state index in [9.17, 15) is 4.79 Å². The summed E-state index contributed by atoms with van der Waals surface area (Å²) in [4.78, 5) is 21.0. The Morgan fingerprint density at radius 3 is 2.72 bits per heavy atom. The molecule has 5 heteroatoms. The minimum absolute atomic E-state index is 0.0219. The standard InChI is InChI=1S/C27H26N4O/c1-17-11-12-22-20(14-17)18(2)21-16-30(15-19-8-4-3-5-9-19)26-24(25(21)28-22)27(32)31-13-7-6-10-23(31)29-26/h3-14,18,21,25,28H,15-16H2,1-2H3/t18-,21+,25+/m1/s1. The van der Waals surface area contributed by atoms with Crippen molar-refractivity contribution in [2.24, 2.45) is 5.92 Å². The fourth-order valence-corrected chi connectivity index (χ4v) is 5.42. The van der Waals surface area contributed by atoms with Crippen molar-refractivity contribution in [2.75, 3.05) is 16.8 Å². The number of nitrogens with zero attached hydrogens (tertiary/aromatic N) is 3. The van der Waals surface area contributed by atoms with Gasteiger partial charge in [-0.2, -0.15) is 0 Å². The van der Waals surface area contributed by atoms with Crippen LogP contribution in [0, 0.1) is 12.8 Å². The fourth-order valence-electron chi connectivity index (χ4n) is 5.42. The van der Waals surface area contributed by atoms with Crippen LogP contribution in [0.25, 0.3) is 5.65 Å². The van der Waals surface area contributed by atoms with Gasteiger partial charge >= 0.3 is 0 Å². The maximum absolute atomic E-state index is 13.8. The molecule has 2 aliphatic heterocycles. The van der Waals surface area contributed by atoms with Gasteiger partial charge < -0.3 is 10.2 Å². The van der Waals surface area contributed by atoms with E-state index in [4.69, 9.17) is 4.98 Å². The molecule has 6 rings (SSSR count). The quantitative estimate of drug-likeness (QED) is 0.499. The van der Waals surface area contributed by atoms with Gasteiger partial charge in [0.05, 0.1) is 11.6 Å². The molecule has 0 fully saturated rings. The van der Waals surface area contributed by atoms with E-state index in [1.54, 1.807) is 4.40 Å². The molecule has 0 spiro atoms. The Morgan fingerprint density at radius 1 is 1.06 bits per heavy atom. The van der Waals surface area contributed by atoms with Crippen LogP contribution < -0.4 is 15.8 Å². The molecule has 32 heavy (non-hydrogen) atoms. The first kappa shape index (κ1) is 19.1. The number of hydrogen-bond acceptors (Lipinski definition) is 4. The summed E-state index contributed by atoms with van der Waals surface area (Å²) in [5.74, 6) is 1.41. The number of aryl methyl sites for hydroxylation is 1. The second kappa shape index (κ2) is 7.23. The summed E-state index contributed by atoms with van der Waals surface area (Å²) in [6.07, 6.45) is 1.82. The third-order valence-corrected chi connectivity index (χ3v) is 7.09. The number of nitrogens with one attached hydrogen (secondary N) is 1. The number of fused-ring (bicyclic) bond motifs is 5.